The number of phosphoric ester groups is 1. The molecule has 1 rings (SSSR count). The molecule has 15 heteroatoms. The third-order valence-corrected chi connectivity index (χ3v) is 10.9. The van der Waals surface area contributed by atoms with Crippen LogP contribution >= 0.6 is 7.82 Å². The minimum absolute atomic E-state index is 0.00823. The molecule has 1 aliphatic carbocycles. The third-order valence-electron chi connectivity index (χ3n) is 9.88. The first-order valence-corrected chi connectivity index (χ1v) is 24.9. The van der Waals surface area contributed by atoms with Crippen LogP contribution in [-0.4, -0.2) is 110 Å². The van der Waals surface area contributed by atoms with Crippen molar-refractivity contribution < 1.29 is 68.2 Å². The zero-order valence-electron chi connectivity index (χ0n) is 39.0. The average molecular weight is 947 g/mol. The van der Waals surface area contributed by atoms with E-state index >= 15 is 0 Å². The Kier molecular flexibility index (Phi) is 35.8. The first kappa shape index (κ1) is 60.2. The van der Waals surface area contributed by atoms with Gasteiger partial charge in [-0.15, -0.1) is 0 Å². The summed E-state index contributed by atoms with van der Waals surface area (Å²) in [6, 6.07) is 0. The van der Waals surface area contributed by atoms with Gasteiger partial charge in [-0.1, -0.05) is 148 Å². The summed E-state index contributed by atoms with van der Waals surface area (Å²) in [4.78, 5) is 35.7. The number of rotatable bonds is 36. The fraction of sp³-hybridized carbons (Fsp3) is 0.569. The van der Waals surface area contributed by atoms with Crippen molar-refractivity contribution >= 4 is 19.8 Å². The highest BCUT2D eigenvalue weighted by Gasteiger charge is 2.51. The molecule has 1 fully saturated rings. The predicted octanol–water partition coefficient (Wildman–Crippen LogP) is 8.36. The molecule has 372 valence electrons. The molecule has 14 nitrogen and oxygen atoms in total. The van der Waals surface area contributed by atoms with Crippen molar-refractivity contribution in [1.82, 2.24) is 0 Å². The van der Waals surface area contributed by atoms with Gasteiger partial charge < -0.3 is 45.0 Å². The Balaban J connectivity index is 2.60. The van der Waals surface area contributed by atoms with Crippen molar-refractivity contribution in [3.8, 4) is 0 Å². The van der Waals surface area contributed by atoms with Crippen LogP contribution in [0.15, 0.2) is 122 Å². The molecule has 0 aromatic heterocycles. The Labute approximate surface area is 393 Å². The number of ether oxygens (including phenoxy) is 2. The van der Waals surface area contributed by atoms with E-state index in [1.165, 1.54) is 19.3 Å². The van der Waals surface area contributed by atoms with Crippen molar-refractivity contribution in [2.24, 2.45) is 0 Å². The molecule has 0 spiro atoms. The van der Waals surface area contributed by atoms with Crippen LogP contribution in [-0.2, 0) is 32.7 Å². The van der Waals surface area contributed by atoms with Gasteiger partial charge in [-0.25, -0.2) is 4.57 Å². The smallest absolute Gasteiger partial charge is 0.462 e. The molecule has 7 N–H and O–H groups in total. The summed E-state index contributed by atoms with van der Waals surface area (Å²) in [5, 5.41) is 60.3. The van der Waals surface area contributed by atoms with Crippen LogP contribution in [0.4, 0.5) is 0 Å². The molecule has 0 amide bonds. The number of hydrogen-bond acceptors (Lipinski definition) is 13. The van der Waals surface area contributed by atoms with Crippen molar-refractivity contribution in [2.75, 3.05) is 13.2 Å². The van der Waals surface area contributed by atoms with Gasteiger partial charge in [-0.3, -0.25) is 18.6 Å². The molecule has 1 aliphatic rings. The monoisotopic (exact) mass is 947 g/mol. The number of carbonyl (C=O) groups is 2. The van der Waals surface area contributed by atoms with Crippen molar-refractivity contribution in [1.29, 1.82) is 0 Å². The SMILES string of the molecule is CC/C=C\C/C=C\C/C=C\C/C=C\C/C=C\C/C=C\CCC(=O)O[C@H](COC(=O)CCC/C=C/C=C\C(O)C/C=C\C/C=C\CCCCC)COP(=O)(O)OC1[C@H](O)[C@H](O)C(O)[C@H](O)[C@H]1O. The number of carbonyl (C=O) groups excluding carboxylic acids is 2. The maximum atomic E-state index is 12.8. The second-order valence-corrected chi connectivity index (χ2v) is 17.1. The summed E-state index contributed by atoms with van der Waals surface area (Å²) in [6.45, 7) is 2.95. The highest BCUT2D eigenvalue weighted by Crippen LogP contribution is 2.47. The van der Waals surface area contributed by atoms with Crippen molar-refractivity contribution in [2.45, 2.75) is 172 Å². The molecule has 0 aromatic rings. The lowest BCUT2D eigenvalue weighted by atomic mass is 9.85. The molecule has 0 radical (unpaired) electrons. The van der Waals surface area contributed by atoms with Gasteiger partial charge in [0.05, 0.1) is 12.7 Å². The van der Waals surface area contributed by atoms with Gasteiger partial charge in [0.15, 0.2) is 6.10 Å². The Morgan fingerprint density at radius 2 is 1.06 bits per heavy atom. The van der Waals surface area contributed by atoms with E-state index in [0.29, 0.717) is 32.1 Å². The molecule has 0 saturated heterocycles. The van der Waals surface area contributed by atoms with E-state index in [-0.39, 0.29) is 12.8 Å². The number of aliphatic hydroxyl groups is 6. The van der Waals surface area contributed by atoms with E-state index in [2.05, 4.69) is 74.6 Å². The summed E-state index contributed by atoms with van der Waals surface area (Å²) >= 11 is 0. The van der Waals surface area contributed by atoms with Crippen LogP contribution in [0.3, 0.4) is 0 Å². The highest BCUT2D eigenvalue weighted by molar-refractivity contribution is 7.47. The van der Waals surface area contributed by atoms with Crippen LogP contribution < -0.4 is 0 Å². The average Bonchev–Trinajstić information content (AvgIpc) is 3.29. The Morgan fingerprint density at radius 3 is 1.62 bits per heavy atom. The van der Waals surface area contributed by atoms with Crippen LogP contribution in [0.25, 0.3) is 0 Å². The summed E-state index contributed by atoms with van der Waals surface area (Å²) in [5.41, 5.74) is 0. The second-order valence-electron chi connectivity index (χ2n) is 15.7. The van der Waals surface area contributed by atoms with E-state index in [1.54, 1.807) is 18.2 Å². The maximum absolute atomic E-state index is 12.8. The van der Waals surface area contributed by atoms with Crippen molar-refractivity contribution in [3.63, 3.8) is 0 Å². The molecule has 4 unspecified atom stereocenters. The van der Waals surface area contributed by atoms with Crippen molar-refractivity contribution in [3.05, 3.63) is 122 Å². The first-order valence-electron chi connectivity index (χ1n) is 23.4. The summed E-state index contributed by atoms with van der Waals surface area (Å²) in [5.74, 6) is -1.34. The fourth-order valence-corrected chi connectivity index (χ4v) is 7.06. The normalized spacial score (nSPS) is 22.9. The molecule has 9 atom stereocenters. The van der Waals surface area contributed by atoms with E-state index in [1.807, 2.05) is 42.5 Å². The van der Waals surface area contributed by atoms with Gasteiger partial charge >= 0.3 is 19.8 Å². The number of unbranched alkanes of at least 4 members (excludes halogenated alkanes) is 4. The molecular formula is C51H79O14P. The highest BCUT2D eigenvalue weighted by atomic mass is 31.2. The van der Waals surface area contributed by atoms with Gasteiger partial charge in [0.2, 0.25) is 0 Å². The number of esters is 2. The van der Waals surface area contributed by atoms with Gasteiger partial charge in [-0.05, 0) is 83.5 Å². The molecule has 1 saturated carbocycles. The van der Waals surface area contributed by atoms with E-state index < -0.39 is 81.8 Å². The maximum Gasteiger partial charge on any atom is 0.472 e. The third kappa shape index (κ3) is 31.2. The van der Waals surface area contributed by atoms with Crippen LogP contribution in [0.1, 0.15) is 123 Å². The largest absolute Gasteiger partial charge is 0.472 e. The van der Waals surface area contributed by atoms with Crippen LogP contribution in [0, 0.1) is 0 Å². The zero-order chi connectivity index (χ0) is 48.7. The number of aliphatic hydroxyl groups excluding tert-OH is 6. The molecule has 0 aromatic carbocycles. The number of phosphoric acid groups is 1. The molecule has 0 heterocycles. The summed E-state index contributed by atoms with van der Waals surface area (Å²) in [6.07, 6.45) is 38.6. The minimum atomic E-state index is -5.18. The van der Waals surface area contributed by atoms with E-state index in [0.717, 1.165) is 44.9 Å². The molecule has 66 heavy (non-hydrogen) atoms. The standard InChI is InChI=1S/C51H79O14P/c1-3-5-7-9-11-13-14-15-16-17-18-19-20-21-22-24-26-30-35-39-45(54)64-43(41-63-66(60,61)65-51-49(58)47(56)46(55)48(57)50(51)59)40-62-44(53)38-34-31-27-29-33-37-42(52)36-32-28-25-23-12-10-8-6-4-2/h5,7,11-13,15-16,18-19,21-23,26-30,32-33,37,42-43,46-52,55-59H,3-4,6,8-10,14,17,20,24-25,31,34-36,38-41H2,1-2H3,(H,60,61)/b7-5-,13-11-,16-15-,19-18-,22-21-,23-12-,29-27+,30-26-,32-28-,37-33-/t42?,43-,46?,47-,48+,49-,50-,51?/m1/s1. The quantitative estimate of drug-likeness (QED) is 0.0103. The van der Waals surface area contributed by atoms with Gasteiger partial charge in [0.25, 0.3) is 0 Å². The number of allylic oxidation sites excluding steroid dienone is 18. The Bertz CT molecular complexity index is 1630. The predicted molar refractivity (Wildman–Crippen MR) is 259 cm³/mol. The first-order chi connectivity index (χ1) is 31.8. The topological polar surface area (TPSA) is 230 Å². The van der Waals surface area contributed by atoms with E-state index in [4.69, 9.17) is 18.5 Å². The summed E-state index contributed by atoms with van der Waals surface area (Å²) in [7, 11) is -5.18. The van der Waals surface area contributed by atoms with Gasteiger partial charge in [-0.2, -0.15) is 0 Å². The fourth-order valence-electron chi connectivity index (χ4n) is 6.09. The molecule has 0 bridgehead atoms. The molecular weight excluding hydrogens is 868 g/mol. The lowest BCUT2D eigenvalue weighted by molar-refractivity contribution is -0.220. The van der Waals surface area contributed by atoms with Crippen LogP contribution in [0.2, 0.25) is 0 Å². The summed E-state index contributed by atoms with van der Waals surface area (Å²) < 4.78 is 33.3. The number of hydrogen-bond donors (Lipinski definition) is 7. The zero-order valence-corrected chi connectivity index (χ0v) is 39.9. The second kappa shape index (κ2) is 39.2. The lowest BCUT2D eigenvalue weighted by Gasteiger charge is -2.41. The lowest BCUT2D eigenvalue weighted by Crippen LogP contribution is -2.64. The Hall–Kier alpha value is -3.79. The van der Waals surface area contributed by atoms with Crippen LogP contribution in [0.5, 0.6) is 0 Å². The Morgan fingerprint density at radius 1 is 0.561 bits per heavy atom. The molecule has 0 aliphatic heterocycles. The van der Waals surface area contributed by atoms with Gasteiger partial charge in [0, 0.05) is 12.8 Å². The van der Waals surface area contributed by atoms with Gasteiger partial charge in [0.1, 0.15) is 43.2 Å². The minimum Gasteiger partial charge on any atom is -0.462 e. The van der Waals surface area contributed by atoms with E-state index in [9.17, 15) is 49.7 Å².